The van der Waals surface area contributed by atoms with Crippen LogP contribution in [0.2, 0.25) is 0 Å². The summed E-state index contributed by atoms with van der Waals surface area (Å²) >= 11 is 0. The largest absolute Gasteiger partial charge is 0.478 e. The third-order valence-electron chi connectivity index (χ3n) is 6.40. The lowest BCUT2D eigenvalue weighted by molar-refractivity contribution is -0.172. The molecule has 2 amide bonds. The molecular formula is C28H23N3O7. The van der Waals surface area contributed by atoms with Gasteiger partial charge in [0, 0.05) is 68.3 Å². The van der Waals surface area contributed by atoms with Gasteiger partial charge in [-0.15, -0.1) is 5.06 Å². The second-order valence-corrected chi connectivity index (χ2v) is 8.98. The minimum Gasteiger partial charge on any atom is -0.478 e. The van der Waals surface area contributed by atoms with Crippen molar-refractivity contribution < 1.29 is 33.5 Å². The van der Waals surface area contributed by atoms with Crippen molar-refractivity contribution in [3.63, 3.8) is 0 Å². The van der Waals surface area contributed by atoms with Gasteiger partial charge in [-0.1, -0.05) is 6.07 Å². The van der Waals surface area contributed by atoms with Crippen molar-refractivity contribution in [3.8, 4) is 22.5 Å². The van der Waals surface area contributed by atoms with E-state index in [1.54, 1.807) is 19.2 Å². The van der Waals surface area contributed by atoms with E-state index in [1.165, 1.54) is 18.2 Å². The van der Waals surface area contributed by atoms with E-state index in [0.717, 1.165) is 5.69 Å². The lowest BCUT2D eigenvalue weighted by Crippen LogP contribution is -2.32. The number of carboxylic acid groups (broad SMARTS) is 1. The number of carbonyl (C=O) groups is 4. The molecule has 192 valence electrons. The van der Waals surface area contributed by atoms with E-state index < -0.39 is 23.8 Å². The normalized spacial score (nSPS) is 14.0. The lowest BCUT2D eigenvalue weighted by Gasteiger charge is -2.19. The number of anilines is 1. The van der Waals surface area contributed by atoms with Gasteiger partial charge in [0.15, 0.2) is 0 Å². The summed E-state index contributed by atoms with van der Waals surface area (Å²) < 4.78 is 6.22. The van der Waals surface area contributed by atoms with Crippen molar-refractivity contribution in [2.75, 3.05) is 26.0 Å². The smallest absolute Gasteiger partial charge is 0.363 e. The first-order chi connectivity index (χ1) is 18.2. The number of hydrogen-bond acceptors (Lipinski definition) is 8. The Hall–Kier alpha value is -4.99. The molecule has 0 radical (unpaired) electrons. The summed E-state index contributed by atoms with van der Waals surface area (Å²) in [6.45, 7) is 0. The molecule has 3 aliphatic rings. The van der Waals surface area contributed by atoms with Crippen molar-refractivity contribution in [2.45, 2.75) is 12.8 Å². The Morgan fingerprint density at radius 1 is 0.974 bits per heavy atom. The molecule has 0 saturated carbocycles. The predicted molar refractivity (Wildman–Crippen MR) is 138 cm³/mol. The maximum Gasteiger partial charge on any atom is 0.363 e. The maximum absolute atomic E-state index is 12.7. The fourth-order valence-electron chi connectivity index (χ4n) is 4.43. The molecule has 1 fully saturated rings. The molecule has 10 heteroatoms. The number of aromatic carboxylic acids is 1. The Labute approximate surface area is 216 Å². The number of hydrogen-bond donors (Lipinski definition) is 1. The molecule has 0 unspecified atom stereocenters. The third kappa shape index (κ3) is 4.26. The highest BCUT2D eigenvalue weighted by Gasteiger charge is 2.33. The number of hydroxylamine groups is 2. The second-order valence-electron chi connectivity index (χ2n) is 8.98. The van der Waals surface area contributed by atoms with Crippen molar-refractivity contribution in [3.05, 3.63) is 71.1 Å². The highest BCUT2D eigenvalue weighted by molar-refractivity contribution is 6.09. The molecule has 1 saturated heterocycles. The molecule has 2 heterocycles. The fourth-order valence-corrected chi connectivity index (χ4v) is 4.43. The van der Waals surface area contributed by atoms with Gasteiger partial charge in [-0.3, -0.25) is 14.6 Å². The van der Waals surface area contributed by atoms with Crippen LogP contribution in [0.5, 0.6) is 0 Å². The molecule has 2 aromatic rings. The molecule has 0 bridgehead atoms. The van der Waals surface area contributed by atoms with Crippen LogP contribution in [-0.2, 0) is 14.4 Å². The Bertz CT molecular complexity index is 1670. The summed E-state index contributed by atoms with van der Waals surface area (Å²) in [5, 5.41) is 11.9. The molecule has 0 aromatic heterocycles. The van der Waals surface area contributed by atoms with Gasteiger partial charge in [0.1, 0.15) is 11.3 Å². The van der Waals surface area contributed by atoms with E-state index in [9.17, 15) is 24.3 Å². The first-order valence-corrected chi connectivity index (χ1v) is 11.7. The first kappa shape index (κ1) is 24.7. The van der Waals surface area contributed by atoms with Crippen molar-refractivity contribution in [1.29, 1.82) is 0 Å². The Kier molecular flexibility index (Phi) is 6.15. The van der Waals surface area contributed by atoms with Crippen molar-refractivity contribution in [1.82, 2.24) is 5.06 Å². The van der Waals surface area contributed by atoms with Gasteiger partial charge in [0.2, 0.25) is 0 Å². The lowest BCUT2D eigenvalue weighted by atomic mass is 9.90. The zero-order chi connectivity index (χ0) is 27.1. The van der Waals surface area contributed by atoms with E-state index in [-0.39, 0.29) is 24.0 Å². The van der Waals surface area contributed by atoms with E-state index in [2.05, 4.69) is 4.99 Å². The molecule has 1 N–H and O–H groups in total. The van der Waals surface area contributed by atoms with Gasteiger partial charge in [0.05, 0.1) is 16.5 Å². The first-order valence-electron chi connectivity index (χ1n) is 11.7. The number of carbonyl (C=O) groups excluding carboxylic acids is 3. The van der Waals surface area contributed by atoms with Crippen LogP contribution in [0, 0.1) is 0 Å². The highest BCUT2D eigenvalue weighted by atomic mass is 16.7. The average Bonchev–Trinajstić information content (AvgIpc) is 3.22. The summed E-state index contributed by atoms with van der Waals surface area (Å²) in [6, 6.07) is 15.1. The van der Waals surface area contributed by atoms with Crippen LogP contribution in [0.15, 0.2) is 64.0 Å². The van der Waals surface area contributed by atoms with E-state index in [1.807, 2.05) is 43.3 Å². The van der Waals surface area contributed by atoms with Crippen LogP contribution in [0.1, 0.15) is 33.6 Å². The zero-order valence-electron chi connectivity index (χ0n) is 20.8. The molecule has 2 aliphatic heterocycles. The van der Waals surface area contributed by atoms with Gasteiger partial charge in [0.25, 0.3) is 11.8 Å². The average molecular weight is 514 g/mol. The standard InChI is InChI=1S/C28H23N3O7/c1-29-16-5-8-19-22(13-16)37-23-14-17(30(2)3)6-9-20(23)26(19)18-7-4-15(12-21(18)27(34)35)28(36)38-31-24(32)10-11-25(31)33/h4-9,12-14H,10-11H2,1-3H3,(H,34,35). The van der Waals surface area contributed by atoms with Crippen LogP contribution in [0.3, 0.4) is 0 Å². The minimum atomic E-state index is -1.27. The Morgan fingerprint density at radius 3 is 2.34 bits per heavy atom. The molecular weight excluding hydrogens is 490 g/mol. The fraction of sp³-hybridized carbons (Fsp3) is 0.179. The number of amides is 2. The van der Waals surface area contributed by atoms with E-state index in [4.69, 9.17) is 9.25 Å². The molecule has 1 aliphatic carbocycles. The number of benzene rings is 3. The van der Waals surface area contributed by atoms with E-state index in [0.29, 0.717) is 43.8 Å². The minimum absolute atomic E-state index is 0.0484. The third-order valence-corrected chi connectivity index (χ3v) is 6.40. The topological polar surface area (TPSA) is 130 Å². The van der Waals surface area contributed by atoms with Gasteiger partial charge in [-0.25, -0.2) is 9.59 Å². The number of rotatable bonds is 5. The molecule has 10 nitrogen and oxygen atoms in total. The van der Waals surface area contributed by atoms with Gasteiger partial charge in [-0.2, -0.15) is 0 Å². The van der Waals surface area contributed by atoms with E-state index >= 15 is 0 Å². The quantitative estimate of drug-likeness (QED) is 0.316. The van der Waals surface area contributed by atoms with Crippen molar-refractivity contribution >= 4 is 40.4 Å². The van der Waals surface area contributed by atoms with Crippen LogP contribution in [0.25, 0.3) is 33.4 Å². The van der Waals surface area contributed by atoms with Gasteiger partial charge < -0.3 is 19.3 Å². The Morgan fingerprint density at radius 2 is 1.68 bits per heavy atom. The number of imide groups is 1. The predicted octanol–water partition coefficient (Wildman–Crippen LogP) is 3.72. The molecule has 38 heavy (non-hydrogen) atoms. The van der Waals surface area contributed by atoms with Crippen LogP contribution in [-0.4, -0.2) is 55.1 Å². The number of nitrogens with zero attached hydrogens (tertiary/aromatic N) is 3. The highest BCUT2D eigenvalue weighted by Crippen LogP contribution is 2.42. The van der Waals surface area contributed by atoms with Gasteiger partial charge in [-0.05, 0) is 42.0 Å². The van der Waals surface area contributed by atoms with Crippen LogP contribution in [0.4, 0.5) is 5.69 Å². The van der Waals surface area contributed by atoms with Crippen molar-refractivity contribution in [2.24, 2.45) is 4.99 Å². The van der Waals surface area contributed by atoms with Crippen LogP contribution < -0.4 is 10.3 Å². The SMILES string of the molecule is CN=c1ccc2c(-c3ccc(C(=O)ON4C(=O)CCC4=O)cc3C(=O)O)c3ccc(N(C)C)cc3oc-2c1. The van der Waals surface area contributed by atoms with Crippen LogP contribution >= 0.6 is 0 Å². The molecule has 5 rings (SSSR count). The Balaban J connectivity index is 1.70. The number of carboxylic acids is 1. The molecule has 0 spiro atoms. The summed E-state index contributed by atoms with van der Waals surface area (Å²) in [6.07, 6.45) is -0.0968. The van der Waals surface area contributed by atoms with Gasteiger partial charge >= 0.3 is 11.9 Å². The zero-order valence-corrected chi connectivity index (χ0v) is 20.8. The summed E-state index contributed by atoms with van der Waals surface area (Å²) in [4.78, 5) is 59.9. The second kappa shape index (κ2) is 9.47. The summed E-state index contributed by atoms with van der Waals surface area (Å²) in [5.41, 5.74) is 2.78. The summed E-state index contributed by atoms with van der Waals surface area (Å²) in [5.74, 6) is -3.02. The molecule has 2 aromatic carbocycles. The summed E-state index contributed by atoms with van der Waals surface area (Å²) in [7, 11) is 5.47. The monoisotopic (exact) mass is 513 g/mol. The molecule has 0 atom stereocenters. The number of fused-ring (bicyclic) bond motifs is 2. The maximum atomic E-state index is 12.7.